The lowest BCUT2D eigenvalue weighted by Crippen LogP contribution is -2.62. The third kappa shape index (κ3) is 11.0. The number of pyridine rings is 1. The van der Waals surface area contributed by atoms with Crippen molar-refractivity contribution in [3.05, 3.63) is 70.3 Å². The average Bonchev–Trinajstić information content (AvgIpc) is 4.07. The second-order valence-electron chi connectivity index (χ2n) is 20.3. The molecule has 0 spiro atoms. The van der Waals surface area contributed by atoms with Crippen molar-refractivity contribution >= 4 is 51.8 Å². The van der Waals surface area contributed by atoms with Gasteiger partial charge in [-0.15, -0.1) is 11.3 Å². The van der Waals surface area contributed by atoms with Gasteiger partial charge in [0.1, 0.15) is 18.1 Å². The summed E-state index contributed by atoms with van der Waals surface area (Å²) in [5.74, 6) is -2.23. The van der Waals surface area contributed by atoms with Crippen LogP contribution in [0.4, 0.5) is 0 Å². The molecule has 3 aliphatic rings. The zero-order valence-corrected chi connectivity index (χ0v) is 42.5. The minimum Gasteiger partial charge on any atom is -0.464 e. The molecule has 366 valence electrons. The smallest absolute Gasteiger partial charge is 0.324 e. The lowest BCUT2D eigenvalue weighted by atomic mass is 9.83. The van der Waals surface area contributed by atoms with Gasteiger partial charge in [-0.25, -0.2) is 10.4 Å². The molecular formula is C52H71N9O6S. The number of benzene rings is 1. The molecule has 5 atom stereocenters. The van der Waals surface area contributed by atoms with Crippen molar-refractivity contribution in [1.29, 1.82) is 0 Å². The number of hydrogen-bond donors (Lipinski definition) is 2. The Hall–Kier alpha value is -5.45. The van der Waals surface area contributed by atoms with Crippen LogP contribution in [-0.2, 0) is 48.1 Å². The van der Waals surface area contributed by atoms with Crippen LogP contribution in [0, 0.1) is 17.3 Å². The SMILES string of the molecule is CC[C@@H](C)c1ncccc1-c1c2c3cc(ccc3n1CC)-c1csc(n1)C[C@H](NC(=O)[C@H](C(C)C)N(C)C(=O)[C@H]1CCN(C(=O)/C=C/CN(C)C)C1)C(=O)N1CCC[C@H](N1)C(=O)OCC(C)(C)C2. The molecular weight excluding hydrogens is 879 g/mol. The van der Waals surface area contributed by atoms with Crippen molar-refractivity contribution in [2.45, 2.75) is 118 Å². The number of hydrazine groups is 1. The second-order valence-corrected chi connectivity index (χ2v) is 21.2. The zero-order valence-electron chi connectivity index (χ0n) is 41.6. The van der Waals surface area contributed by atoms with Gasteiger partial charge in [0.15, 0.2) is 0 Å². The van der Waals surface area contributed by atoms with Crippen molar-refractivity contribution in [3.8, 4) is 22.5 Å². The van der Waals surface area contributed by atoms with E-state index in [1.54, 1.807) is 24.1 Å². The molecule has 0 radical (unpaired) electrons. The molecule has 0 unspecified atom stereocenters. The number of esters is 1. The van der Waals surface area contributed by atoms with Crippen LogP contribution in [0.2, 0.25) is 0 Å². The number of cyclic esters (lactones) is 1. The van der Waals surface area contributed by atoms with Crippen LogP contribution in [-0.4, -0.2) is 136 Å². The molecule has 3 aromatic heterocycles. The molecule has 0 saturated carbocycles. The number of ether oxygens (including phenoxy) is 1. The molecule has 7 rings (SSSR count). The number of carbonyl (C=O) groups is 5. The number of fused-ring (bicyclic) bond motifs is 6. The normalized spacial score (nSPS) is 21.0. The van der Waals surface area contributed by atoms with E-state index in [2.05, 4.69) is 74.2 Å². The quantitative estimate of drug-likeness (QED) is 0.119. The number of aromatic nitrogens is 3. The van der Waals surface area contributed by atoms with Gasteiger partial charge in [-0.05, 0) is 94.8 Å². The summed E-state index contributed by atoms with van der Waals surface area (Å²) in [7, 11) is 5.47. The molecule has 0 aliphatic carbocycles. The Bertz CT molecular complexity index is 2530. The summed E-state index contributed by atoms with van der Waals surface area (Å²) < 4.78 is 8.51. The number of amides is 4. The summed E-state index contributed by atoms with van der Waals surface area (Å²) in [6.45, 7) is 17.1. The van der Waals surface area contributed by atoms with E-state index < -0.39 is 47.2 Å². The molecule has 68 heavy (non-hydrogen) atoms. The average molecular weight is 950 g/mol. The molecule has 3 aliphatic heterocycles. The number of thiazole rings is 1. The largest absolute Gasteiger partial charge is 0.464 e. The maximum atomic E-state index is 14.7. The van der Waals surface area contributed by atoms with Crippen LogP contribution < -0.4 is 10.7 Å². The van der Waals surface area contributed by atoms with Gasteiger partial charge in [0, 0.05) is 91.3 Å². The molecule has 4 amide bonds. The highest BCUT2D eigenvalue weighted by Crippen LogP contribution is 2.42. The molecule has 16 heteroatoms. The van der Waals surface area contributed by atoms with Gasteiger partial charge in [0.05, 0.1) is 34.6 Å². The molecule has 6 heterocycles. The Balaban J connectivity index is 1.22. The first kappa shape index (κ1) is 50.4. The van der Waals surface area contributed by atoms with E-state index >= 15 is 0 Å². The highest BCUT2D eigenvalue weighted by atomic mass is 32.1. The van der Waals surface area contributed by atoms with Gasteiger partial charge in [0.2, 0.25) is 17.7 Å². The van der Waals surface area contributed by atoms with Crippen molar-refractivity contribution in [1.82, 2.24) is 45.0 Å². The first-order valence-corrected chi connectivity index (χ1v) is 25.3. The Labute approximate surface area is 405 Å². The van der Waals surface area contributed by atoms with Gasteiger partial charge in [-0.2, -0.15) is 0 Å². The predicted molar refractivity (Wildman–Crippen MR) is 266 cm³/mol. The standard InChI is InChI=1S/C52H71N9O6S/c1-11-33(5)45-36(16-13-22-53-45)47-38-28-52(6,7)31-67-51(66)39-17-14-24-61(56-39)50(65)40(27-43-54-41(30-68-43)34-19-20-42(37(38)26-34)60(47)12-2)55-48(63)46(32(3)4)58(10)49(64)35-21-25-59(29-35)44(62)18-15-23-57(8)9/h13,15-16,18-20,22,26,30,32-33,35,39-40,46,56H,11-12,14,17,21,23-25,27-29,31H2,1-10H3,(H,55,63)/b18-15+/t33-,35+,39+,40+,46+/m1/s1. The summed E-state index contributed by atoms with van der Waals surface area (Å²) in [5.41, 5.74) is 9.88. The number of likely N-dealkylation sites (tertiary alicyclic amines) is 1. The van der Waals surface area contributed by atoms with E-state index in [0.29, 0.717) is 50.3 Å². The number of carbonyl (C=O) groups excluding carboxylic acids is 5. The topological polar surface area (TPSA) is 162 Å². The molecule has 2 saturated heterocycles. The monoisotopic (exact) mass is 950 g/mol. The fourth-order valence-corrected chi connectivity index (χ4v) is 10.8. The Morgan fingerprint density at radius 1 is 1.07 bits per heavy atom. The first-order chi connectivity index (χ1) is 32.4. The highest BCUT2D eigenvalue weighted by Gasteiger charge is 2.40. The van der Waals surface area contributed by atoms with E-state index in [0.717, 1.165) is 57.6 Å². The fourth-order valence-electron chi connectivity index (χ4n) is 9.95. The first-order valence-electron chi connectivity index (χ1n) is 24.4. The minimum absolute atomic E-state index is 0.0868. The molecule has 1 aromatic carbocycles. The van der Waals surface area contributed by atoms with E-state index in [9.17, 15) is 24.0 Å². The van der Waals surface area contributed by atoms with Crippen LogP contribution in [0.25, 0.3) is 33.4 Å². The Morgan fingerprint density at radius 2 is 1.85 bits per heavy atom. The number of likely N-dealkylation sites (N-methyl/N-ethyl adjacent to an activating group) is 2. The van der Waals surface area contributed by atoms with Gasteiger partial charge >= 0.3 is 5.97 Å². The summed E-state index contributed by atoms with van der Waals surface area (Å²) in [4.78, 5) is 85.3. The van der Waals surface area contributed by atoms with E-state index in [-0.39, 0.29) is 43.2 Å². The number of aryl methyl sites for hydroxylation is 1. The fraction of sp³-hybridized carbons (Fsp3) is 0.558. The molecule has 2 N–H and O–H groups in total. The van der Waals surface area contributed by atoms with Crippen LogP contribution in [0.15, 0.2) is 54.1 Å². The van der Waals surface area contributed by atoms with E-state index in [1.165, 1.54) is 21.2 Å². The molecule has 2 fully saturated rings. The third-order valence-electron chi connectivity index (χ3n) is 13.7. The third-order valence-corrected chi connectivity index (χ3v) is 14.6. The lowest BCUT2D eigenvalue weighted by molar-refractivity contribution is -0.155. The zero-order chi connectivity index (χ0) is 49.0. The van der Waals surface area contributed by atoms with E-state index in [4.69, 9.17) is 14.7 Å². The molecule has 15 nitrogen and oxygen atoms in total. The maximum Gasteiger partial charge on any atom is 0.324 e. The number of nitrogens with zero attached hydrogens (tertiary/aromatic N) is 7. The number of nitrogens with one attached hydrogen (secondary N) is 2. The Kier molecular flexibility index (Phi) is 15.9. The highest BCUT2D eigenvalue weighted by molar-refractivity contribution is 7.10. The van der Waals surface area contributed by atoms with E-state index in [1.807, 2.05) is 50.5 Å². The summed E-state index contributed by atoms with van der Waals surface area (Å²) in [6, 6.07) is 7.88. The number of hydrogen-bond acceptors (Lipinski definition) is 11. The van der Waals surface area contributed by atoms with Crippen LogP contribution in [0.1, 0.15) is 96.3 Å². The van der Waals surface area contributed by atoms with Gasteiger partial charge in [-0.1, -0.05) is 53.7 Å². The van der Waals surface area contributed by atoms with Crippen molar-refractivity contribution in [2.75, 3.05) is 53.9 Å². The summed E-state index contributed by atoms with van der Waals surface area (Å²) in [6.07, 6.45) is 8.39. The Morgan fingerprint density at radius 3 is 2.57 bits per heavy atom. The predicted octanol–water partition coefficient (Wildman–Crippen LogP) is 6.46. The minimum atomic E-state index is -1.07. The van der Waals surface area contributed by atoms with Crippen molar-refractivity contribution in [3.63, 3.8) is 0 Å². The van der Waals surface area contributed by atoms with Gasteiger partial charge in [0.25, 0.3) is 5.91 Å². The van der Waals surface area contributed by atoms with Gasteiger partial charge in [-0.3, -0.25) is 34.0 Å². The molecule has 4 aromatic rings. The second kappa shape index (κ2) is 21.5. The van der Waals surface area contributed by atoms with Crippen molar-refractivity contribution < 1.29 is 28.7 Å². The number of rotatable bonds is 12. The van der Waals surface area contributed by atoms with Crippen molar-refractivity contribution in [2.24, 2.45) is 17.3 Å². The summed E-state index contributed by atoms with van der Waals surface area (Å²) >= 11 is 1.42. The summed E-state index contributed by atoms with van der Waals surface area (Å²) in [5, 5.41) is 8.21. The van der Waals surface area contributed by atoms with Gasteiger partial charge < -0.3 is 29.3 Å². The maximum absolute atomic E-state index is 14.7. The molecule has 6 bridgehead atoms. The van der Waals surface area contributed by atoms with Crippen LogP contribution >= 0.6 is 11.3 Å². The lowest BCUT2D eigenvalue weighted by Gasteiger charge is -2.36. The van der Waals surface area contributed by atoms with Crippen LogP contribution in [0.5, 0.6) is 0 Å². The van der Waals surface area contributed by atoms with Crippen LogP contribution in [0.3, 0.4) is 0 Å².